The summed E-state index contributed by atoms with van der Waals surface area (Å²) in [6.45, 7) is 4.69. The maximum Gasteiger partial charge on any atom is 0.335 e. The van der Waals surface area contributed by atoms with E-state index in [1.54, 1.807) is 12.1 Å². The maximum atomic E-state index is 10.8. The van der Waals surface area contributed by atoms with Crippen LogP contribution in [0, 0.1) is 6.92 Å². The number of carbonyl (C=O) groups is 1. The smallest absolute Gasteiger partial charge is 0.335 e. The van der Waals surface area contributed by atoms with Crippen LogP contribution < -0.4 is 5.32 Å². The highest BCUT2D eigenvalue weighted by Gasteiger charge is 2.04. The highest BCUT2D eigenvalue weighted by Crippen LogP contribution is 2.15. The van der Waals surface area contributed by atoms with E-state index in [2.05, 4.69) is 23.3 Å². The largest absolute Gasteiger partial charge is 0.478 e. The number of rotatable bonds is 5. The topological polar surface area (TPSA) is 62.2 Å². The number of carboxylic acids is 1. The highest BCUT2D eigenvalue weighted by molar-refractivity contribution is 5.87. The number of hydrogen-bond donors (Lipinski definition) is 2. The Hall–Kier alpha value is -2.36. The minimum absolute atomic E-state index is 0.302. The number of benzene rings is 1. The van der Waals surface area contributed by atoms with Crippen molar-refractivity contribution in [3.8, 4) is 0 Å². The third kappa shape index (κ3) is 3.35. The summed E-state index contributed by atoms with van der Waals surface area (Å²) in [4.78, 5) is 15.3. The second-order valence-electron chi connectivity index (χ2n) is 4.67. The van der Waals surface area contributed by atoms with Crippen LogP contribution in [0.5, 0.6) is 0 Å². The Morgan fingerprint density at radius 3 is 2.50 bits per heavy atom. The fourth-order valence-electron chi connectivity index (χ4n) is 1.97. The number of aryl methyl sites for hydroxylation is 2. The fraction of sp³-hybridized carbons (Fsp3) is 0.250. The van der Waals surface area contributed by atoms with Crippen molar-refractivity contribution in [2.24, 2.45) is 0 Å². The molecule has 0 fully saturated rings. The van der Waals surface area contributed by atoms with Crippen LogP contribution in [-0.4, -0.2) is 16.1 Å². The predicted octanol–water partition coefficient (Wildman–Crippen LogP) is 3.26. The molecule has 20 heavy (non-hydrogen) atoms. The molecule has 0 radical (unpaired) electrons. The van der Waals surface area contributed by atoms with Gasteiger partial charge in [0, 0.05) is 12.2 Å². The molecule has 0 amide bonds. The molecule has 2 aromatic rings. The summed E-state index contributed by atoms with van der Waals surface area (Å²) >= 11 is 0. The van der Waals surface area contributed by atoms with Crippen molar-refractivity contribution in [3.05, 3.63) is 58.8 Å². The van der Waals surface area contributed by atoms with E-state index in [4.69, 9.17) is 5.11 Å². The Kier molecular flexibility index (Phi) is 4.35. The van der Waals surface area contributed by atoms with Crippen molar-refractivity contribution in [2.45, 2.75) is 26.8 Å². The van der Waals surface area contributed by atoms with Crippen molar-refractivity contribution in [1.82, 2.24) is 4.98 Å². The van der Waals surface area contributed by atoms with E-state index in [9.17, 15) is 4.79 Å². The number of nitrogens with one attached hydrogen (secondary N) is 1. The molecule has 104 valence electrons. The standard InChI is InChI=1S/C16H18N2O2/c1-3-13-7-4-11(2)18-15(13)17-10-12-5-8-14(9-6-12)16(19)20/h4-9H,3,10H2,1-2H3,(H,17,18)(H,19,20). The maximum absolute atomic E-state index is 10.8. The Morgan fingerprint density at radius 2 is 1.90 bits per heavy atom. The molecule has 0 aliphatic carbocycles. The van der Waals surface area contributed by atoms with Crippen LogP contribution in [0.25, 0.3) is 0 Å². The average molecular weight is 270 g/mol. The highest BCUT2D eigenvalue weighted by atomic mass is 16.4. The zero-order valence-electron chi connectivity index (χ0n) is 11.7. The van der Waals surface area contributed by atoms with Crippen LogP contribution in [0.15, 0.2) is 36.4 Å². The summed E-state index contributed by atoms with van der Waals surface area (Å²) < 4.78 is 0. The number of carboxylic acid groups (broad SMARTS) is 1. The molecule has 1 heterocycles. The Labute approximate surface area is 118 Å². The van der Waals surface area contributed by atoms with Crippen LogP contribution in [0.4, 0.5) is 5.82 Å². The first-order valence-electron chi connectivity index (χ1n) is 6.62. The van der Waals surface area contributed by atoms with Crippen molar-refractivity contribution in [2.75, 3.05) is 5.32 Å². The lowest BCUT2D eigenvalue weighted by molar-refractivity contribution is 0.0697. The molecule has 4 nitrogen and oxygen atoms in total. The Bertz CT molecular complexity index is 606. The zero-order valence-corrected chi connectivity index (χ0v) is 11.7. The van der Waals surface area contributed by atoms with Gasteiger partial charge in [-0.25, -0.2) is 9.78 Å². The number of hydrogen-bond acceptors (Lipinski definition) is 3. The van der Waals surface area contributed by atoms with Gasteiger partial charge < -0.3 is 10.4 Å². The van der Waals surface area contributed by atoms with Gasteiger partial charge in [-0.1, -0.05) is 25.1 Å². The lowest BCUT2D eigenvalue weighted by Crippen LogP contribution is -2.05. The molecular weight excluding hydrogens is 252 g/mol. The first-order valence-corrected chi connectivity index (χ1v) is 6.62. The summed E-state index contributed by atoms with van der Waals surface area (Å²) in [7, 11) is 0. The van der Waals surface area contributed by atoms with Gasteiger partial charge in [0.15, 0.2) is 0 Å². The average Bonchev–Trinajstić information content (AvgIpc) is 2.45. The monoisotopic (exact) mass is 270 g/mol. The zero-order chi connectivity index (χ0) is 14.5. The minimum atomic E-state index is -0.905. The summed E-state index contributed by atoms with van der Waals surface area (Å²) in [5.41, 5.74) is 3.49. The van der Waals surface area contributed by atoms with E-state index >= 15 is 0 Å². The molecule has 2 rings (SSSR count). The van der Waals surface area contributed by atoms with E-state index in [0.29, 0.717) is 12.1 Å². The van der Waals surface area contributed by atoms with Gasteiger partial charge in [-0.15, -0.1) is 0 Å². The van der Waals surface area contributed by atoms with Crippen molar-refractivity contribution in [3.63, 3.8) is 0 Å². The molecule has 0 bridgehead atoms. The van der Waals surface area contributed by atoms with Gasteiger partial charge in [-0.2, -0.15) is 0 Å². The van der Waals surface area contributed by atoms with Gasteiger partial charge in [-0.05, 0) is 42.7 Å². The number of anilines is 1. The predicted molar refractivity (Wildman–Crippen MR) is 79.1 cm³/mol. The molecule has 0 saturated heterocycles. The molecule has 4 heteroatoms. The molecule has 0 saturated carbocycles. The summed E-state index contributed by atoms with van der Waals surface area (Å²) in [5.74, 6) is -0.00654. The van der Waals surface area contributed by atoms with Crippen LogP contribution in [0.1, 0.15) is 34.1 Å². The van der Waals surface area contributed by atoms with E-state index in [0.717, 1.165) is 23.5 Å². The first-order chi connectivity index (χ1) is 9.60. The second kappa shape index (κ2) is 6.19. The number of aromatic nitrogens is 1. The molecule has 0 aliphatic rings. The third-order valence-electron chi connectivity index (χ3n) is 3.16. The van der Waals surface area contributed by atoms with Crippen molar-refractivity contribution in [1.29, 1.82) is 0 Å². The SMILES string of the molecule is CCc1ccc(C)nc1NCc1ccc(C(=O)O)cc1. The van der Waals surface area contributed by atoms with Gasteiger partial charge in [-0.3, -0.25) is 0 Å². The lowest BCUT2D eigenvalue weighted by Gasteiger charge is -2.11. The molecular formula is C16H18N2O2. The van der Waals surface area contributed by atoms with E-state index < -0.39 is 5.97 Å². The Morgan fingerprint density at radius 1 is 1.20 bits per heavy atom. The molecule has 0 unspecified atom stereocenters. The van der Waals surface area contributed by atoms with Gasteiger partial charge in [0.2, 0.25) is 0 Å². The van der Waals surface area contributed by atoms with Gasteiger partial charge in [0.25, 0.3) is 0 Å². The third-order valence-corrected chi connectivity index (χ3v) is 3.16. The molecule has 1 aromatic heterocycles. The second-order valence-corrected chi connectivity index (χ2v) is 4.67. The molecule has 0 aliphatic heterocycles. The Balaban J connectivity index is 2.08. The summed E-state index contributed by atoms with van der Waals surface area (Å²) in [5, 5.41) is 12.2. The van der Waals surface area contributed by atoms with Crippen LogP contribution in [-0.2, 0) is 13.0 Å². The van der Waals surface area contributed by atoms with Crippen LogP contribution in [0.3, 0.4) is 0 Å². The summed E-state index contributed by atoms with van der Waals surface area (Å²) in [6.07, 6.45) is 0.924. The fourth-order valence-corrected chi connectivity index (χ4v) is 1.97. The summed E-state index contributed by atoms with van der Waals surface area (Å²) in [6, 6.07) is 11.0. The van der Waals surface area contributed by atoms with E-state index in [1.807, 2.05) is 25.1 Å². The normalized spacial score (nSPS) is 10.3. The van der Waals surface area contributed by atoms with Gasteiger partial charge in [0.1, 0.15) is 5.82 Å². The van der Waals surface area contributed by atoms with E-state index in [-0.39, 0.29) is 0 Å². The van der Waals surface area contributed by atoms with Gasteiger partial charge in [0.05, 0.1) is 5.56 Å². The van der Waals surface area contributed by atoms with Gasteiger partial charge >= 0.3 is 5.97 Å². The minimum Gasteiger partial charge on any atom is -0.478 e. The van der Waals surface area contributed by atoms with Crippen LogP contribution in [0.2, 0.25) is 0 Å². The van der Waals surface area contributed by atoms with Crippen LogP contribution >= 0.6 is 0 Å². The molecule has 2 N–H and O–H groups in total. The number of pyridine rings is 1. The number of nitrogens with zero attached hydrogens (tertiary/aromatic N) is 1. The van der Waals surface area contributed by atoms with E-state index in [1.165, 1.54) is 5.56 Å². The molecule has 0 atom stereocenters. The number of aromatic carboxylic acids is 1. The quantitative estimate of drug-likeness (QED) is 0.875. The first kappa shape index (κ1) is 14.1. The molecule has 1 aromatic carbocycles. The molecule has 0 spiro atoms. The van der Waals surface area contributed by atoms with Crippen molar-refractivity contribution < 1.29 is 9.90 Å². The lowest BCUT2D eigenvalue weighted by atomic mass is 10.1. The van der Waals surface area contributed by atoms with Crippen molar-refractivity contribution >= 4 is 11.8 Å².